The van der Waals surface area contributed by atoms with Gasteiger partial charge in [0.2, 0.25) is 0 Å². The van der Waals surface area contributed by atoms with Gasteiger partial charge in [0, 0.05) is 32.6 Å². The van der Waals surface area contributed by atoms with Gasteiger partial charge in [0.1, 0.15) is 0 Å². The van der Waals surface area contributed by atoms with Crippen LogP contribution in [0.4, 0.5) is 4.79 Å². The third kappa shape index (κ3) is 3.75. The summed E-state index contributed by atoms with van der Waals surface area (Å²) in [5.74, 6) is 0.237. The first-order valence-electron chi connectivity index (χ1n) is 6.97. The van der Waals surface area contributed by atoms with E-state index in [-0.39, 0.29) is 29.7 Å². The number of rotatable bonds is 4. The fourth-order valence-electron chi connectivity index (χ4n) is 2.66. The van der Waals surface area contributed by atoms with Crippen LogP contribution in [-0.4, -0.2) is 68.6 Å². The maximum atomic E-state index is 12.1. The minimum Gasteiger partial charge on any atom is -0.459 e. The minimum atomic E-state index is -0.243. The molecule has 1 aromatic rings. The lowest BCUT2D eigenvalue weighted by Gasteiger charge is -2.22. The Morgan fingerprint density at radius 1 is 1.43 bits per heavy atom. The second-order valence-electron chi connectivity index (χ2n) is 5.54. The van der Waals surface area contributed by atoms with Gasteiger partial charge < -0.3 is 24.9 Å². The lowest BCUT2D eigenvalue weighted by molar-refractivity contribution is 0.0898. The van der Waals surface area contributed by atoms with Crippen LogP contribution >= 0.6 is 0 Å². The van der Waals surface area contributed by atoms with E-state index in [4.69, 9.17) is 4.42 Å². The Morgan fingerprint density at radius 3 is 2.76 bits per heavy atom. The number of hydrogen-bond donors (Lipinski definition) is 2. The molecule has 1 aliphatic heterocycles. The molecule has 2 N–H and O–H groups in total. The zero-order chi connectivity index (χ0) is 15.4. The fraction of sp³-hybridized carbons (Fsp3) is 0.571. The number of likely N-dealkylation sites (tertiary alicyclic amines) is 1. The van der Waals surface area contributed by atoms with Crippen molar-refractivity contribution in [3.8, 4) is 0 Å². The lowest BCUT2D eigenvalue weighted by atomic mass is 10.0. The molecule has 21 heavy (non-hydrogen) atoms. The second kappa shape index (κ2) is 6.62. The summed E-state index contributed by atoms with van der Waals surface area (Å²) in [6, 6.07) is 3.11. The van der Waals surface area contributed by atoms with Crippen LogP contribution in [0.2, 0.25) is 0 Å². The van der Waals surface area contributed by atoms with E-state index in [1.807, 2.05) is 14.1 Å². The summed E-state index contributed by atoms with van der Waals surface area (Å²) in [6.45, 7) is 1.93. The Kier molecular flexibility index (Phi) is 4.85. The summed E-state index contributed by atoms with van der Waals surface area (Å²) in [6.07, 6.45) is 1.47. The number of urea groups is 1. The van der Waals surface area contributed by atoms with Crippen molar-refractivity contribution in [2.24, 2.45) is 5.92 Å². The predicted molar refractivity (Wildman–Crippen MR) is 78.0 cm³/mol. The van der Waals surface area contributed by atoms with Gasteiger partial charge in [0.05, 0.1) is 12.3 Å². The predicted octanol–water partition coefficient (Wildman–Crippen LogP) is 0.211. The molecular formula is C14H22N4O3. The van der Waals surface area contributed by atoms with E-state index in [9.17, 15) is 9.59 Å². The molecule has 1 aliphatic rings. The third-order valence-electron chi connectivity index (χ3n) is 3.60. The van der Waals surface area contributed by atoms with Gasteiger partial charge in [-0.05, 0) is 26.2 Å². The number of amides is 3. The van der Waals surface area contributed by atoms with Crippen LogP contribution in [-0.2, 0) is 0 Å². The molecule has 1 saturated heterocycles. The Morgan fingerprint density at radius 2 is 2.19 bits per heavy atom. The Labute approximate surface area is 124 Å². The number of hydrogen-bond acceptors (Lipinski definition) is 4. The lowest BCUT2D eigenvalue weighted by Crippen LogP contribution is -2.43. The molecule has 0 radical (unpaired) electrons. The molecule has 2 atom stereocenters. The molecule has 0 bridgehead atoms. The largest absolute Gasteiger partial charge is 0.459 e. The molecule has 1 aromatic heterocycles. The molecule has 7 heteroatoms. The standard InChI is InChI=1S/C14H22N4O3/c1-15-14(20)18-8-10(7-17(2)3)11(9-18)16-13(19)12-5-4-6-21-12/h4-6,10-11H,7-9H2,1-3H3,(H,15,20)(H,16,19)/t10-,11-/m1/s1. The molecule has 0 aromatic carbocycles. The quantitative estimate of drug-likeness (QED) is 0.832. The summed E-state index contributed by atoms with van der Waals surface area (Å²) in [5, 5.41) is 5.59. The van der Waals surface area contributed by atoms with Crippen molar-refractivity contribution in [3.05, 3.63) is 24.2 Å². The molecule has 7 nitrogen and oxygen atoms in total. The van der Waals surface area contributed by atoms with Gasteiger partial charge in [-0.2, -0.15) is 0 Å². The molecule has 0 saturated carbocycles. The number of nitrogens with zero attached hydrogens (tertiary/aromatic N) is 2. The van der Waals surface area contributed by atoms with Crippen LogP contribution in [0.15, 0.2) is 22.8 Å². The highest BCUT2D eigenvalue weighted by Crippen LogP contribution is 2.18. The molecule has 0 spiro atoms. The summed E-state index contributed by atoms with van der Waals surface area (Å²) >= 11 is 0. The van der Waals surface area contributed by atoms with Gasteiger partial charge >= 0.3 is 6.03 Å². The van der Waals surface area contributed by atoms with Crippen LogP contribution in [0.1, 0.15) is 10.6 Å². The molecule has 2 heterocycles. The normalized spacial score (nSPS) is 21.6. The van der Waals surface area contributed by atoms with Crippen molar-refractivity contribution in [1.82, 2.24) is 20.4 Å². The SMILES string of the molecule is CNC(=O)N1C[C@@H](CN(C)C)[C@H](NC(=O)c2ccco2)C1. The first-order chi connectivity index (χ1) is 10.0. The molecule has 3 amide bonds. The maximum absolute atomic E-state index is 12.1. The van der Waals surface area contributed by atoms with E-state index in [1.165, 1.54) is 6.26 Å². The molecule has 1 fully saturated rings. The highest BCUT2D eigenvalue weighted by atomic mass is 16.3. The summed E-state index contributed by atoms with van der Waals surface area (Å²) < 4.78 is 5.10. The molecule has 0 unspecified atom stereocenters. The van der Waals surface area contributed by atoms with Crippen LogP contribution in [0.3, 0.4) is 0 Å². The number of furan rings is 1. The second-order valence-corrected chi connectivity index (χ2v) is 5.54. The summed E-state index contributed by atoms with van der Waals surface area (Å²) in [7, 11) is 5.57. The van der Waals surface area contributed by atoms with Crippen molar-refractivity contribution in [1.29, 1.82) is 0 Å². The Balaban J connectivity index is 2.03. The number of carbonyl (C=O) groups is 2. The summed E-state index contributed by atoms with van der Waals surface area (Å²) in [4.78, 5) is 27.7. The highest BCUT2D eigenvalue weighted by molar-refractivity contribution is 5.91. The molecule has 0 aliphatic carbocycles. The third-order valence-corrected chi connectivity index (χ3v) is 3.60. The van der Waals surface area contributed by atoms with E-state index in [0.29, 0.717) is 13.1 Å². The van der Waals surface area contributed by atoms with Crippen molar-refractivity contribution in [2.45, 2.75) is 6.04 Å². The van der Waals surface area contributed by atoms with Crippen LogP contribution < -0.4 is 10.6 Å². The Bertz CT molecular complexity index is 486. The average molecular weight is 294 g/mol. The van der Waals surface area contributed by atoms with E-state index >= 15 is 0 Å². The highest BCUT2D eigenvalue weighted by Gasteiger charge is 2.36. The zero-order valence-electron chi connectivity index (χ0n) is 12.6. The number of carbonyl (C=O) groups excluding carboxylic acids is 2. The first-order valence-corrected chi connectivity index (χ1v) is 6.97. The Hall–Kier alpha value is -2.02. The van der Waals surface area contributed by atoms with E-state index < -0.39 is 0 Å². The van der Waals surface area contributed by atoms with Crippen molar-refractivity contribution >= 4 is 11.9 Å². The van der Waals surface area contributed by atoms with Crippen molar-refractivity contribution in [3.63, 3.8) is 0 Å². The van der Waals surface area contributed by atoms with Crippen molar-refractivity contribution < 1.29 is 14.0 Å². The molecule has 116 valence electrons. The van der Waals surface area contributed by atoms with Gasteiger partial charge in [-0.3, -0.25) is 4.79 Å². The van der Waals surface area contributed by atoms with Crippen LogP contribution in [0.5, 0.6) is 0 Å². The van der Waals surface area contributed by atoms with E-state index in [1.54, 1.807) is 24.1 Å². The van der Waals surface area contributed by atoms with Crippen LogP contribution in [0, 0.1) is 5.92 Å². The van der Waals surface area contributed by atoms with Gasteiger partial charge in [0.15, 0.2) is 5.76 Å². The molecule has 2 rings (SSSR count). The average Bonchev–Trinajstić information content (AvgIpc) is 3.07. The molecular weight excluding hydrogens is 272 g/mol. The minimum absolute atomic E-state index is 0.0812. The van der Waals surface area contributed by atoms with Gasteiger partial charge in [-0.25, -0.2) is 4.79 Å². The zero-order valence-corrected chi connectivity index (χ0v) is 12.6. The topological polar surface area (TPSA) is 77.8 Å². The fourth-order valence-corrected chi connectivity index (χ4v) is 2.66. The van der Waals surface area contributed by atoms with Crippen LogP contribution in [0.25, 0.3) is 0 Å². The monoisotopic (exact) mass is 294 g/mol. The number of nitrogens with one attached hydrogen (secondary N) is 2. The smallest absolute Gasteiger partial charge is 0.317 e. The van der Waals surface area contributed by atoms with Crippen molar-refractivity contribution in [2.75, 3.05) is 40.8 Å². The van der Waals surface area contributed by atoms with E-state index in [0.717, 1.165) is 6.54 Å². The van der Waals surface area contributed by atoms with Gasteiger partial charge in [-0.15, -0.1) is 0 Å². The summed E-state index contributed by atoms with van der Waals surface area (Å²) in [5.41, 5.74) is 0. The van der Waals surface area contributed by atoms with Gasteiger partial charge in [-0.1, -0.05) is 0 Å². The maximum Gasteiger partial charge on any atom is 0.317 e. The van der Waals surface area contributed by atoms with E-state index in [2.05, 4.69) is 15.5 Å². The van der Waals surface area contributed by atoms with Gasteiger partial charge in [0.25, 0.3) is 5.91 Å². The first kappa shape index (κ1) is 15.4.